The van der Waals surface area contributed by atoms with Gasteiger partial charge in [-0.2, -0.15) is 0 Å². The first-order valence-electron chi connectivity index (χ1n) is 4.80. The van der Waals surface area contributed by atoms with Crippen LogP contribution in [0.1, 0.15) is 0 Å². The molecule has 15 heavy (non-hydrogen) atoms. The van der Waals surface area contributed by atoms with E-state index in [0.29, 0.717) is 0 Å². The second-order valence-corrected chi connectivity index (χ2v) is 3.57. The van der Waals surface area contributed by atoms with Crippen LogP contribution < -0.4 is 5.32 Å². The molecule has 6 nitrogen and oxygen atoms in total. The molecule has 2 aromatic rings. The minimum atomic E-state index is 0.760. The van der Waals surface area contributed by atoms with Crippen LogP contribution in [0.5, 0.6) is 0 Å². The predicted molar refractivity (Wildman–Crippen MR) is 57.8 cm³/mol. The van der Waals surface area contributed by atoms with Gasteiger partial charge in [0.25, 0.3) is 0 Å². The van der Waals surface area contributed by atoms with Crippen LogP contribution in [0, 0.1) is 0 Å². The van der Waals surface area contributed by atoms with Gasteiger partial charge in [0.15, 0.2) is 5.82 Å². The van der Waals surface area contributed by atoms with E-state index in [0.717, 1.165) is 24.6 Å². The first kappa shape index (κ1) is 9.85. The molecule has 0 atom stereocenters. The van der Waals surface area contributed by atoms with Gasteiger partial charge in [-0.3, -0.25) is 4.40 Å². The molecule has 80 valence electrons. The maximum atomic E-state index is 4.22. The molecule has 0 aliphatic carbocycles. The monoisotopic (exact) mass is 206 g/mol. The summed E-state index contributed by atoms with van der Waals surface area (Å²) in [5.74, 6) is 0.775. The number of hydrogen-bond donors (Lipinski definition) is 1. The van der Waals surface area contributed by atoms with E-state index in [1.165, 1.54) is 0 Å². The van der Waals surface area contributed by atoms with Crippen molar-refractivity contribution in [3.63, 3.8) is 0 Å². The zero-order chi connectivity index (χ0) is 10.7. The number of nitrogens with zero attached hydrogens (tertiary/aromatic N) is 5. The maximum absolute atomic E-state index is 4.22. The summed E-state index contributed by atoms with van der Waals surface area (Å²) in [4.78, 5) is 6.33. The number of rotatable bonds is 4. The Kier molecular flexibility index (Phi) is 2.77. The average Bonchev–Trinajstić information content (AvgIpc) is 2.65. The minimum Gasteiger partial charge on any atom is -0.366 e. The molecule has 1 N–H and O–H groups in total. The van der Waals surface area contributed by atoms with Crippen LogP contribution in [0.4, 0.5) is 5.82 Å². The smallest absolute Gasteiger partial charge is 0.203 e. The molecular formula is C9H14N6. The van der Waals surface area contributed by atoms with Crippen LogP contribution in [0.2, 0.25) is 0 Å². The summed E-state index contributed by atoms with van der Waals surface area (Å²) in [5, 5.41) is 11.0. The maximum Gasteiger partial charge on any atom is 0.203 e. The summed E-state index contributed by atoms with van der Waals surface area (Å²) in [6, 6.07) is 0. The third kappa shape index (κ3) is 2.21. The zero-order valence-corrected chi connectivity index (χ0v) is 8.88. The fourth-order valence-corrected chi connectivity index (χ4v) is 1.28. The number of fused-ring (bicyclic) bond motifs is 1. The Bertz CT molecular complexity index is 435. The fraction of sp³-hybridized carbons (Fsp3) is 0.444. The molecule has 0 fully saturated rings. The molecule has 2 rings (SSSR count). The Labute approximate surface area is 87.9 Å². The highest BCUT2D eigenvalue weighted by Crippen LogP contribution is 2.08. The van der Waals surface area contributed by atoms with E-state index in [4.69, 9.17) is 0 Å². The van der Waals surface area contributed by atoms with E-state index in [9.17, 15) is 0 Å². The van der Waals surface area contributed by atoms with Gasteiger partial charge in [0.1, 0.15) is 6.33 Å². The van der Waals surface area contributed by atoms with Gasteiger partial charge in [0, 0.05) is 25.5 Å². The van der Waals surface area contributed by atoms with Crippen LogP contribution in [0.25, 0.3) is 5.65 Å². The standard InChI is InChI=1S/C9H14N6/c1-14(2)5-3-10-8-9-13-12-7-15(9)6-4-11-8/h4,6-7H,3,5H2,1-2H3,(H,10,11). The van der Waals surface area contributed by atoms with Crippen molar-refractivity contribution in [2.75, 3.05) is 32.5 Å². The van der Waals surface area contributed by atoms with Crippen molar-refractivity contribution < 1.29 is 0 Å². The Morgan fingerprint density at radius 3 is 3.13 bits per heavy atom. The Morgan fingerprint density at radius 2 is 2.33 bits per heavy atom. The van der Waals surface area contributed by atoms with E-state index in [1.807, 2.05) is 24.7 Å². The quantitative estimate of drug-likeness (QED) is 0.768. The van der Waals surface area contributed by atoms with Crippen molar-refractivity contribution in [3.05, 3.63) is 18.7 Å². The van der Waals surface area contributed by atoms with Crippen molar-refractivity contribution in [1.82, 2.24) is 24.5 Å². The van der Waals surface area contributed by atoms with E-state index >= 15 is 0 Å². The van der Waals surface area contributed by atoms with Gasteiger partial charge < -0.3 is 10.2 Å². The van der Waals surface area contributed by atoms with Gasteiger partial charge in [-0.05, 0) is 14.1 Å². The van der Waals surface area contributed by atoms with E-state index < -0.39 is 0 Å². The first-order valence-corrected chi connectivity index (χ1v) is 4.80. The van der Waals surface area contributed by atoms with Gasteiger partial charge in [-0.25, -0.2) is 4.98 Å². The summed E-state index contributed by atoms with van der Waals surface area (Å²) in [6.07, 6.45) is 5.22. The van der Waals surface area contributed by atoms with Crippen LogP contribution in [0.3, 0.4) is 0 Å². The highest BCUT2D eigenvalue weighted by atomic mass is 15.2. The minimum absolute atomic E-state index is 0.760. The Hall–Kier alpha value is -1.69. The van der Waals surface area contributed by atoms with Crippen molar-refractivity contribution in [2.45, 2.75) is 0 Å². The van der Waals surface area contributed by atoms with E-state index in [1.54, 1.807) is 12.5 Å². The summed E-state index contributed by atoms with van der Waals surface area (Å²) < 4.78 is 1.84. The van der Waals surface area contributed by atoms with Crippen LogP contribution in [0.15, 0.2) is 18.7 Å². The second kappa shape index (κ2) is 4.22. The van der Waals surface area contributed by atoms with E-state index in [2.05, 4.69) is 25.4 Å². The third-order valence-electron chi connectivity index (χ3n) is 2.07. The Balaban J connectivity index is 2.10. The SMILES string of the molecule is CN(C)CCNc1nccn2cnnc12. The molecule has 6 heteroatoms. The molecule has 0 amide bonds. The van der Waals surface area contributed by atoms with Crippen LogP contribution in [-0.4, -0.2) is 51.7 Å². The normalized spacial score (nSPS) is 11.1. The summed E-state index contributed by atoms with van der Waals surface area (Å²) in [7, 11) is 4.07. The van der Waals surface area contributed by atoms with Gasteiger partial charge >= 0.3 is 0 Å². The van der Waals surface area contributed by atoms with Gasteiger partial charge in [0.2, 0.25) is 5.65 Å². The van der Waals surface area contributed by atoms with Crippen LogP contribution in [-0.2, 0) is 0 Å². The third-order valence-corrected chi connectivity index (χ3v) is 2.07. The lowest BCUT2D eigenvalue weighted by molar-refractivity contribution is 0.425. The average molecular weight is 206 g/mol. The molecule has 0 unspecified atom stereocenters. The number of nitrogens with one attached hydrogen (secondary N) is 1. The van der Waals surface area contributed by atoms with Crippen LogP contribution >= 0.6 is 0 Å². The number of likely N-dealkylation sites (N-methyl/N-ethyl adjacent to an activating group) is 1. The second-order valence-electron chi connectivity index (χ2n) is 3.57. The first-order chi connectivity index (χ1) is 7.27. The number of hydrogen-bond acceptors (Lipinski definition) is 5. The number of anilines is 1. The summed E-state index contributed by atoms with van der Waals surface area (Å²) >= 11 is 0. The van der Waals surface area contributed by atoms with Gasteiger partial charge in [0.05, 0.1) is 0 Å². The molecule has 0 bridgehead atoms. The topological polar surface area (TPSA) is 58.4 Å². The molecule has 0 radical (unpaired) electrons. The highest BCUT2D eigenvalue weighted by Gasteiger charge is 2.03. The molecule has 2 aromatic heterocycles. The van der Waals surface area contributed by atoms with E-state index in [-0.39, 0.29) is 0 Å². The molecule has 2 heterocycles. The lowest BCUT2D eigenvalue weighted by Gasteiger charge is -2.10. The molecule has 0 aliphatic rings. The van der Waals surface area contributed by atoms with Gasteiger partial charge in [-0.15, -0.1) is 10.2 Å². The number of aromatic nitrogens is 4. The summed E-state index contributed by atoms with van der Waals surface area (Å²) in [5.41, 5.74) is 0.760. The predicted octanol–water partition coefficient (Wildman–Crippen LogP) is 0.0978. The Morgan fingerprint density at radius 1 is 1.47 bits per heavy atom. The van der Waals surface area contributed by atoms with Crippen molar-refractivity contribution in [1.29, 1.82) is 0 Å². The van der Waals surface area contributed by atoms with Crippen molar-refractivity contribution in [2.24, 2.45) is 0 Å². The lowest BCUT2D eigenvalue weighted by Crippen LogP contribution is -2.21. The van der Waals surface area contributed by atoms with Gasteiger partial charge in [-0.1, -0.05) is 0 Å². The molecular weight excluding hydrogens is 192 g/mol. The summed E-state index contributed by atoms with van der Waals surface area (Å²) in [6.45, 7) is 1.80. The highest BCUT2D eigenvalue weighted by molar-refractivity contribution is 5.61. The largest absolute Gasteiger partial charge is 0.366 e. The van der Waals surface area contributed by atoms with Crippen molar-refractivity contribution >= 4 is 11.5 Å². The molecule has 0 spiro atoms. The molecule has 0 saturated carbocycles. The van der Waals surface area contributed by atoms with Crippen molar-refractivity contribution in [3.8, 4) is 0 Å². The lowest BCUT2D eigenvalue weighted by atomic mass is 10.5. The molecule has 0 saturated heterocycles. The zero-order valence-electron chi connectivity index (χ0n) is 8.88. The molecule has 0 aromatic carbocycles. The molecule has 0 aliphatic heterocycles. The fourth-order valence-electron chi connectivity index (χ4n) is 1.28.